The third kappa shape index (κ3) is 20.2. The van der Waals surface area contributed by atoms with Crippen molar-refractivity contribution < 1.29 is 62.1 Å². The van der Waals surface area contributed by atoms with Crippen LogP contribution in [0, 0.1) is 16.2 Å². The second-order valence-corrected chi connectivity index (χ2v) is 30.2. The highest BCUT2D eigenvalue weighted by atomic mass is 35.5. The van der Waals surface area contributed by atoms with Crippen LogP contribution in [0.2, 0.25) is 15.1 Å². The molecule has 3 aliphatic rings. The topological polar surface area (TPSA) is 169 Å². The zero-order chi connectivity index (χ0) is 73.2. The number of hydrogen-bond acceptors (Lipinski definition) is 13. The summed E-state index contributed by atoms with van der Waals surface area (Å²) in [5.74, 6) is -0.884. The number of fused-ring (bicyclic) bond motifs is 3. The number of nitrogens with zero attached hydrogens (tertiary/aromatic N) is 3. The summed E-state index contributed by atoms with van der Waals surface area (Å²) >= 11 is 18.8. The molecule has 9 aromatic rings. The third-order valence-corrected chi connectivity index (χ3v) is 19.6. The Morgan fingerprint density at radius 3 is 0.779 bits per heavy atom. The van der Waals surface area contributed by atoms with Crippen molar-refractivity contribution in [1.82, 2.24) is 13.7 Å². The lowest BCUT2D eigenvalue weighted by Gasteiger charge is -2.19. The summed E-state index contributed by atoms with van der Waals surface area (Å²) in [5.41, 5.74) is 20.0. The first-order valence-corrected chi connectivity index (χ1v) is 37.1. The van der Waals surface area contributed by atoms with E-state index in [2.05, 4.69) is 128 Å². The lowest BCUT2D eigenvalue weighted by Crippen LogP contribution is -2.19. The van der Waals surface area contributed by atoms with Gasteiger partial charge in [0.15, 0.2) is 0 Å². The Balaban J connectivity index is 0.000000237. The first-order valence-electron chi connectivity index (χ1n) is 36.0. The molecule has 104 heavy (non-hydrogen) atoms. The SMILES string of the molecule is CC1(C)Cc2c(-c3ccccc3)c(-c3ccc(Cl)cc3)c(CC(=O)OCCOCCOCCOCCO)n2C1.CC1(C)Cc2c(-c3ccccc3)c(-c3ccc(Cl)cc3)c(CC(=O)OCCOCCOCCOCCOC(=O)Cc3c(-c4ccc(Cl)cc4)c(-c4ccccc4)c4n3CC(C)(C)C4)n2C1. The van der Waals surface area contributed by atoms with Crippen LogP contribution in [0.4, 0.5) is 0 Å². The number of halogens is 3. The lowest BCUT2D eigenvalue weighted by molar-refractivity contribution is -0.145. The van der Waals surface area contributed by atoms with E-state index >= 15 is 0 Å². The molecular formula is C85H96Cl3N3O13. The summed E-state index contributed by atoms with van der Waals surface area (Å²) in [6.07, 6.45) is 3.20. The first-order chi connectivity index (χ1) is 50.3. The summed E-state index contributed by atoms with van der Waals surface area (Å²) in [7, 11) is 0. The normalized spacial score (nSPS) is 14.4. The number of benzene rings is 6. The molecule has 0 aliphatic carbocycles. The van der Waals surface area contributed by atoms with E-state index in [1.165, 1.54) is 22.6 Å². The van der Waals surface area contributed by atoms with Gasteiger partial charge >= 0.3 is 17.9 Å². The van der Waals surface area contributed by atoms with Crippen LogP contribution in [0.25, 0.3) is 66.8 Å². The molecule has 0 saturated heterocycles. The van der Waals surface area contributed by atoms with Crippen molar-refractivity contribution in [2.24, 2.45) is 16.2 Å². The molecule has 0 amide bonds. The fraction of sp³-hybridized carbons (Fsp3) is 0.400. The highest BCUT2D eigenvalue weighted by Gasteiger charge is 2.40. The summed E-state index contributed by atoms with van der Waals surface area (Å²) in [6, 6.07) is 54.7. The number of aliphatic hydroxyl groups excluding tert-OH is 1. The summed E-state index contributed by atoms with van der Waals surface area (Å²) in [6.45, 7) is 20.8. The molecule has 0 unspecified atom stereocenters. The van der Waals surface area contributed by atoms with E-state index in [-0.39, 0.29) is 93.1 Å². The number of aliphatic hydroxyl groups is 1. The quantitative estimate of drug-likeness (QED) is 0.0226. The molecule has 19 heteroatoms. The number of hydrogen-bond donors (Lipinski definition) is 1. The Kier molecular flexibility index (Phi) is 27.1. The van der Waals surface area contributed by atoms with Gasteiger partial charge in [-0.3, -0.25) is 14.4 Å². The fourth-order valence-electron chi connectivity index (χ4n) is 14.5. The van der Waals surface area contributed by atoms with E-state index in [0.717, 1.165) is 117 Å². The summed E-state index contributed by atoms with van der Waals surface area (Å²) in [5, 5.41) is 10.7. The van der Waals surface area contributed by atoms with Gasteiger partial charge in [0, 0.05) is 102 Å². The number of ether oxygens (including phenoxy) is 9. The van der Waals surface area contributed by atoms with Crippen LogP contribution >= 0.6 is 34.8 Å². The molecule has 6 aromatic carbocycles. The molecule has 0 bridgehead atoms. The van der Waals surface area contributed by atoms with Crippen molar-refractivity contribution in [3.8, 4) is 66.8 Å². The molecule has 0 saturated carbocycles. The Hall–Kier alpha value is -7.84. The van der Waals surface area contributed by atoms with Gasteiger partial charge in [-0.15, -0.1) is 0 Å². The molecule has 12 rings (SSSR count). The largest absolute Gasteiger partial charge is 0.463 e. The smallest absolute Gasteiger partial charge is 0.311 e. The van der Waals surface area contributed by atoms with Crippen molar-refractivity contribution in [3.05, 3.63) is 213 Å². The lowest BCUT2D eigenvalue weighted by atomic mass is 9.86. The molecular weight excluding hydrogens is 1380 g/mol. The maximum Gasteiger partial charge on any atom is 0.311 e. The van der Waals surface area contributed by atoms with E-state index in [9.17, 15) is 14.4 Å². The molecule has 0 atom stereocenters. The van der Waals surface area contributed by atoms with E-state index in [0.29, 0.717) is 81.1 Å². The Bertz CT molecular complexity index is 4120. The first kappa shape index (κ1) is 77.3. The van der Waals surface area contributed by atoms with Crippen LogP contribution in [0.5, 0.6) is 0 Å². The van der Waals surface area contributed by atoms with Crippen LogP contribution in [-0.2, 0) is 115 Å². The number of aromatic nitrogens is 3. The van der Waals surface area contributed by atoms with Crippen molar-refractivity contribution in [2.45, 2.75) is 99.7 Å². The molecule has 3 aliphatic heterocycles. The number of carbonyl (C=O) groups is 3. The summed E-state index contributed by atoms with van der Waals surface area (Å²) < 4.78 is 57.1. The monoisotopic (exact) mass is 1470 g/mol. The number of esters is 3. The predicted octanol–water partition coefficient (Wildman–Crippen LogP) is 16.5. The van der Waals surface area contributed by atoms with Crippen molar-refractivity contribution in [3.63, 3.8) is 0 Å². The maximum absolute atomic E-state index is 13.4. The second-order valence-electron chi connectivity index (χ2n) is 28.9. The zero-order valence-corrected chi connectivity index (χ0v) is 62.9. The molecule has 0 spiro atoms. The van der Waals surface area contributed by atoms with Crippen LogP contribution in [0.1, 0.15) is 75.7 Å². The molecule has 6 heterocycles. The van der Waals surface area contributed by atoms with Gasteiger partial charge in [-0.1, -0.05) is 204 Å². The Labute approximate surface area is 626 Å². The predicted molar refractivity (Wildman–Crippen MR) is 409 cm³/mol. The Morgan fingerprint density at radius 2 is 0.538 bits per heavy atom. The molecule has 1 N–H and O–H groups in total. The summed E-state index contributed by atoms with van der Waals surface area (Å²) in [4.78, 5) is 39.8. The van der Waals surface area contributed by atoms with E-state index < -0.39 is 0 Å². The minimum Gasteiger partial charge on any atom is -0.463 e. The van der Waals surface area contributed by atoms with Crippen LogP contribution in [0.15, 0.2) is 164 Å². The molecule has 0 radical (unpaired) electrons. The van der Waals surface area contributed by atoms with Crippen LogP contribution in [-0.4, -0.2) is 142 Å². The van der Waals surface area contributed by atoms with E-state index in [1.54, 1.807) is 0 Å². The van der Waals surface area contributed by atoms with E-state index in [4.69, 9.17) is 82.5 Å². The zero-order valence-electron chi connectivity index (χ0n) is 60.6. The highest BCUT2D eigenvalue weighted by Crippen LogP contribution is 2.51. The minimum atomic E-state index is -0.301. The number of carbonyl (C=O) groups excluding carboxylic acids is 3. The van der Waals surface area contributed by atoms with Gasteiger partial charge in [0.05, 0.1) is 105 Å². The van der Waals surface area contributed by atoms with Crippen LogP contribution < -0.4 is 0 Å². The Morgan fingerprint density at radius 1 is 0.317 bits per heavy atom. The average Bonchev–Trinajstić information content (AvgIpc) is 1.59. The maximum atomic E-state index is 13.4. The fourth-order valence-corrected chi connectivity index (χ4v) is 14.9. The van der Waals surface area contributed by atoms with Gasteiger partial charge in [0.2, 0.25) is 0 Å². The van der Waals surface area contributed by atoms with Gasteiger partial charge in [0.1, 0.15) is 19.8 Å². The van der Waals surface area contributed by atoms with Crippen molar-refractivity contribution in [1.29, 1.82) is 0 Å². The van der Waals surface area contributed by atoms with Gasteiger partial charge in [-0.25, -0.2) is 0 Å². The average molecular weight is 1470 g/mol. The standard InChI is InChI=1S/C54H58Cl2N2O7.C31H38ClNO6/c1-53(2)33-45-51(37-11-7-5-8-12-37)49(39-15-19-41(55)20-16-39)43(57(45)35-53)31-47(59)64-29-27-62-25-23-61-24-26-63-28-30-65-48(60)32-44-50(40-17-21-42(56)22-18-40)52(38-13-9-6-10-14-38)46-34-54(3,4)36-58(44)46;1-31(2)21-27-30(23-6-4-3-5-7-23)29(24-8-10-25(32)11-9-24)26(33(27)22-31)20-28(35)39-19-18-38-17-16-37-15-14-36-13-12-34/h5-22H,23-36H2,1-4H3;3-11,34H,12-22H2,1-2H3. The van der Waals surface area contributed by atoms with E-state index in [1.807, 2.05) is 91.0 Å². The van der Waals surface area contributed by atoms with Crippen molar-refractivity contribution >= 4 is 52.7 Å². The molecule has 16 nitrogen and oxygen atoms in total. The van der Waals surface area contributed by atoms with Gasteiger partial charge < -0.3 is 61.4 Å². The molecule has 550 valence electrons. The number of rotatable bonds is 35. The highest BCUT2D eigenvalue weighted by molar-refractivity contribution is 6.31. The molecule has 3 aromatic heterocycles. The van der Waals surface area contributed by atoms with Crippen molar-refractivity contribution in [2.75, 3.05) is 106 Å². The van der Waals surface area contributed by atoms with Crippen LogP contribution in [0.3, 0.4) is 0 Å². The second kappa shape index (κ2) is 36.4. The minimum absolute atomic E-state index is 0.00341. The third-order valence-electron chi connectivity index (χ3n) is 18.9. The van der Waals surface area contributed by atoms with Gasteiger partial charge in [0.25, 0.3) is 0 Å². The molecule has 0 fully saturated rings. The van der Waals surface area contributed by atoms with Gasteiger partial charge in [-0.2, -0.15) is 0 Å². The van der Waals surface area contributed by atoms with Gasteiger partial charge in [-0.05, 0) is 105 Å².